The molecule has 0 aromatic heterocycles. The minimum atomic E-state index is -0.730. The summed E-state index contributed by atoms with van der Waals surface area (Å²) < 4.78 is 25.4. The molecule has 0 aliphatic rings. The molecule has 1 rings (SSSR count). The number of hydrogen-bond acceptors (Lipinski definition) is 1. The maximum absolute atomic E-state index is 12.7. The van der Waals surface area contributed by atoms with Gasteiger partial charge < -0.3 is 0 Å². The molecule has 0 saturated heterocycles. The summed E-state index contributed by atoms with van der Waals surface area (Å²) in [5, 5.41) is 0. The van der Waals surface area contributed by atoms with Crippen molar-refractivity contribution in [2.24, 2.45) is 0 Å². The van der Waals surface area contributed by atoms with Crippen LogP contribution in [0.5, 0.6) is 0 Å². The third kappa shape index (κ3) is 2.76. The molecule has 0 aliphatic heterocycles. The summed E-state index contributed by atoms with van der Waals surface area (Å²) in [6, 6.07) is 2.81. The van der Waals surface area contributed by atoms with Gasteiger partial charge >= 0.3 is 0 Å². The fourth-order valence-corrected chi connectivity index (χ4v) is 1.09. The van der Waals surface area contributed by atoms with Gasteiger partial charge in [0, 0.05) is 18.1 Å². The molecule has 0 N–H and O–H groups in total. The van der Waals surface area contributed by atoms with Gasteiger partial charge in [0.1, 0.15) is 11.6 Å². The SMILES string of the molecule is C=CCCC(=O)c1cc(F)cc(F)c1. The second-order valence-corrected chi connectivity index (χ2v) is 2.91. The van der Waals surface area contributed by atoms with Crippen LogP contribution in [0.3, 0.4) is 0 Å². The normalized spacial score (nSPS) is 9.86. The monoisotopic (exact) mass is 196 g/mol. The van der Waals surface area contributed by atoms with Crippen LogP contribution in [-0.2, 0) is 0 Å². The number of carbonyl (C=O) groups is 1. The highest BCUT2D eigenvalue weighted by Gasteiger charge is 2.07. The molecule has 1 aromatic rings. The molecule has 1 nitrogen and oxygen atoms in total. The van der Waals surface area contributed by atoms with Crippen LogP contribution in [0, 0.1) is 11.6 Å². The molecule has 0 unspecified atom stereocenters. The van der Waals surface area contributed by atoms with Crippen LogP contribution in [0.1, 0.15) is 23.2 Å². The Labute approximate surface area is 81.1 Å². The third-order valence-electron chi connectivity index (χ3n) is 1.76. The fourth-order valence-electron chi connectivity index (χ4n) is 1.09. The van der Waals surface area contributed by atoms with E-state index in [9.17, 15) is 13.6 Å². The zero-order valence-electron chi connectivity index (χ0n) is 7.59. The molecule has 14 heavy (non-hydrogen) atoms. The molecule has 0 saturated carbocycles. The molecule has 0 aliphatic carbocycles. The van der Waals surface area contributed by atoms with Crippen molar-refractivity contribution in [3.05, 3.63) is 48.1 Å². The van der Waals surface area contributed by atoms with Crippen LogP contribution in [0.15, 0.2) is 30.9 Å². The van der Waals surface area contributed by atoms with E-state index in [2.05, 4.69) is 6.58 Å². The van der Waals surface area contributed by atoms with Crippen LogP contribution < -0.4 is 0 Å². The van der Waals surface area contributed by atoms with Crippen molar-refractivity contribution in [1.29, 1.82) is 0 Å². The van der Waals surface area contributed by atoms with Crippen molar-refractivity contribution in [3.63, 3.8) is 0 Å². The van der Waals surface area contributed by atoms with E-state index in [1.54, 1.807) is 6.08 Å². The molecule has 74 valence electrons. The maximum atomic E-state index is 12.7. The van der Waals surface area contributed by atoms with Crippen molar-refractivity contribution in [2.75, 3.05) is 0 Å². The van der Waals surface area contributed by atoms with E-state index in [1.165, 1.54) is 0 Å². The van der Waals surface area contributed by atoms with Crippen LogP contribution >= 0.6 is 0 Å². The molecular weight excluding hydrogens is 186 g/mol. The van der Waals surface area contributed by atoms with Gasteiger partial charge in [-0.05, 0) is 18.6 Å². The van der Waals surface area contributed by atoms with Crippen molar-refractivity contribution >= 4 is 5.78 Å². The summed E-state index contributed by atoms with van der Waals surface area (Å²) in [6.45, 7) is 3.46. The quantitative estimate of drug-likeness (QED) is 0.534. The van der Waals surface area contributed by atoms with Gasteiger partial charge in [-0.15, -0.1) is 6.58 Å². The predicted octanol–water partition coefficient (Wildman–Crippen LogP) is 3.11. The van der Waals surface area contributed by atoms with E-state index in [4.69, 9.17) is 0 Å². The summed E-state index contributed by atoms with van der Waals surface area (Å²) in [6.07, 6.45) is 2.33. The Morgan fingerprint density at radius 2 is 1.86 bits per heavy atom. The second-order valence-electron chi connectivity index (χ2n) is 2.91. The predicted molar refractivity (Wildman–Crippen MR) is 50.1 cm³/mol. The minimum Gasteiger partial charge on any atom is -0.294 e. The number of allylic oxidation sites excluding steroid dienone is 1. The molecule has 0 heterocycles. The largest absolute Gasteiger partial charge is 0.294 e. The van der Waals surface area contributed by atoms with Gasteiger partial charge in [0.2, 0.25) is 0 Å². The summed E-state index contributed by atoms with van der Waals surface area (Å²) in [5.41, 5.74) is 0.0735. The first-order chi connectivity index (χ1) is 6.63. The Balaban J connectivity index is 2.84. The number of halogens is 2. The van der Waals surface area contributed by atoms with E-state index >= 15 is 0 Å². The molecule has 0 fully saturated rings. The van der Waals surface area contributed by atoms with Crippen LogP contribution in [0.2, 0.25) is 0 Å². The fraction of sp³-hybridized carbons (Fsp3) is 0.182. The van der Waals surface area contributed by atoms with E-state index in [-0.39, 0.29) is 17.8 Å². The Bertz CT molecular complexity index is 338. The number of rotatable bonds is 4. The maximum Gasteiger partial charge on any atom is 0.163 e. The Morgan fingerprint density at radius 1 is 1.29 bits per heavy atom. The van der Waals surface area contributed by atoms with E-state index in [0.717, 1.165) is 18.2 Å². The highest BCUT2D eigenvalue weighted by atomic mass is 19.1. The molecular formula is C11H10F2O. The Kier molecular flexibility index (Phi) is 3.51. The molecule has 0 radical (unpaired) electrons. The lowest BCUT2D eigenvalue weighted by Crippen LogP contribution is -1.99. The number of Topliss-reactive ketones (excluding diaryl/α,β-unsaturated/α-hetero) is 1. The zero-order valence-corrected chi connectivity index (χ0v) is 7.59. The average molecular weight is 196 g/mol. The number of hydrogen-bond donors (Lipinski definition) is 0. The van der Waals surface area contributed by atoms with E-state index in [1.807, 2.05) is 0 Å². The molecule has 3 heteroatoms. The molecule has 1 aromatic carbocycles. The van der Waals surface area contributed by atoms with Crippen molar-refractivity contribution in [3.8, 4) is 0 Å². The first kappa shape index (κ1) is 10.6. The number of carbonyl (C=O) groups excluding carboxylic acids is 1. The van der Waals surface area contributed by atoms with Gasteiger partial charge in [0.05, 0.1) is 0 Å². The van der Waals surface area contributed by atoms with E-state index < -0.39 is 11.6 Å². The van der Waals surface area contributed by atoms with Crippen LogP contribution in [-0.4, -0.2) is 5.78 Å². The second kappa shape index (κ2) is 4.65. The van der Waals surface area contributed by atoms with Gasteiger partial charge in [-0.1, -0.05) is 6.08 Å². The van der Waals surface area contributed by atoms with E-state index in [0.29, 0.717) is 6.42 Å². The molecule has 0 amide bonds. The lowest BCUT2D eigenvalue weighted by molar-refractivity contribution is 0.0983. The van der Waals surface area contributed by atoms with Crippen molar-refractivity contribution in [2.45, 2.75) is 12.8 Å². The Hall–Kier alpha value is -1.51. The lowest BCUT2D eigenvalue weighted by Gasteiger charge is -1.99. The van der Waals surface area contributed by atoms with Gasteiger partial charge in [0.15, 0.2) is 5.78 Å². The Morgan fingerprint density at radius 3 is 2.36 bits per heavy atom. The number of ketones is 1. The highest BCUT2D eigenvalue weighted by molar-refractivity contribution is 5.96. The average Bonchev–Trinajstić information content (AvgIpc) is 2.12. The highest BCUT2D eigenvalue weighted by Crippen LogP contribution is 2.11. The first-order valence-corrected chi connectivity index (χ1v) is 4.23. The van der Waals surface area contributed by atoms with Gasteiger partial charge in [0.25, 0.3) is 0 Å². The van der Waals surface area contributed by atoms with Gasteiger partial charge in [-0.2, -0.15) is 0 Å². The van der Waals surface area contributed by atoms with Crippen molar-refractivity contribution < 1.29 is 13.6 Å². The first-order valence-electron chi connectivity index (χ1n) is 4.23. The summed E-state index contributed by atoms with van der Waals surface area (Å²) in [5.74, 6) is -1.73. The van der Waals surface area contributed by atoms with Crippen LogP contribution in [0.25, 0.3) is 0 Å². The summed E-state index contributed by atoms with van der Waals surface area (Å²) in [7, 11) is 0. The van der Waals surface area contributed by atoms with Crippen LogP contribution in [0.4, 0.5) is 8.78 Å². The smallest absolute Gasteiger partial charge is 0.163 e. The topological polar surface area (TPSA) is 17.1 Å². The van der Waals surface area contributed by atoms with Gasteiger partial charge in [-0.3, -0.25) is 4.79 Å². The summed E-state index contributed by atoms with van der Waals surface area (Å²) in [4.78, 5) is 11.3. The van der Waals surface area contributed by atoms with Gasteiger partial charge in [-0.25, -0.2) is 8.78 Å². The molecule has 0 bridgehead atoms. The third-order valence-corrected chi connectivity index (χ3v) is 1.76. The standard InChI is InChI=1S/C11H10F2O/c1-2-3-4-11(14)8-5-9(12)7-10(13)6-8/h2,5-7H,1,3-4H2. The molecule has 0 atom stereocenters. The zero-order chi connectivity index (χ0) is 10.6. The number of benzene rings is 1. The summed E-state index contributed by atoms with van der Waals surface area (Å²) >= 11 is 0. The minimum absolute atomic E-state index is 0.0735. The van der Waals surface area contributed by atoms with Crippen molar-refractivity contribution in [1.82, 2.24) is 0 Å². The molecule has 0 spiro atoms. The lowest BCUT2D eigenvalue weighted by atomic mass is 10.1.